The zero-order chi connectivity index (χ0) is 13.5. The molecule has 1 aliphatic rings. The molecule has 1 fully saturated rings. The van der Waals surface area contributed by atoms with Gasteiger partial charge >= 0.3 is 5.69 Å². The molecule has 0 atom stereocenters. The summed E-state index contributed by atoms with van der Waals surface area (Å²) in [6, 6.07) is 5.87. The van der Waals surface area contributed by atoms with Crippen LogP contribution < -0.4 is 11.4 Å². The molecule has 0 amide bonds. The van der Waals surface area contributed by atoms with E-state index in [1.54, 1.807) is 12.1 Å². The lowest BCUT2D eigenvalue weighted by molar-refractivity contribution is 0.423. The fraction of sp³-hybridized carbons (Fsp3) is 0.385. The molecule has 0 spiro atoms. The lowest BCUT2D eigenvalue weighted by atomic mass is 9.98. The van der Waals surface area contributed by atoms with Crippen molar-refractivity contribution >= 4 is 0 Å². The highest BCUT2D eigenvalue weighted by atomic mass is 19.1. The Morgan fingerprint density at radius 3 is 2.79 bits per heavy atom. The predicted molar refractivity (Wildman–Crippen MR) is 68.5 cm³/mol. The second-order valence-electron chi connectivity index (χ2n) is 5.03. The molecule has 1 saturated carbocycles. The maximum absolute atomic E-state index is 13.3. The molecule has 0 bridgehead atoms. The molecule has 5 nitrogen and oxygen atoms in total. The van der Waals surface area contributed by atoms with Crippen LogP contribution >= 0.6 is 0 Å². The third-order valence-electron chi connectivity index (χ3n) is 3.68. The number of nitrogens with two attached hydrogens (primary N) is 1. The molecule has 0 unspecified atom stereocenters. The first-order chi connectivity index (χ1) is 9.10. The second-order valence-corrected chi connectivity index (χ2v) is 5.03. The molecule has 3 N–H and O–H groups in total. The van der Waals surface area contributed by atoms with Crippen LogP contribution in [0.3, 0.4) is 0 Å². The van der Waals surface area contributed by atoms with Crippen molar-refractivity contribution in [3.8, 4) is 5.69 Å². The van der Waals surface area contributed by atoms with Crippen molar-refractivity contribution in [3.63, 3.8) is 0 Å². The van der Waals surface area contributed by atoms with E-state index in [1.165, 1.54) is 16.7 Å². The van der Waals surface area contributed by atoms with Crippen LogP contribution in [0.1, 0.15) is 31.5 Å². The number of nitrogens with zero attached hydrogens (tertiary/aromatic N) is 2. The number of hydrogen-bond acceptors (Lipinski definition) is 3. The Morgan fingerprint density at radius 1 is 1.37 bits per heavy atom. The molecule has 3 rings (SSSR count). The Balaban J connectivity index is 2.16. The van der Waals surface area contributed by atoms with E-state index in [1.807, 2.05) is 0 Å². The molecular formula is C13H15FN4O. The number of H-pyrrole nitrogens is 1. The average Bonchev–Trinajstić information content (AvgIpc) is 2.97. The lowest BCUT2D eigenvalue weighted by Crippen LogP contribution is -2.37. The first-order valence-electron chi connectivity index (χ1n) is 6.33. The highest BCUT2D eigenvalue weighted by Gasteiger charge is 2.36. The van der Waals surface area contributed by atoms with Crippen LogP contribution in [0.5, 0.6) is 0 Å². The van der Waals surface area contributed by atoms with Crippen LogP contribution in [-0.4, -0.2) is 14.8 Å². The van der Waals surface area contributed by atoms with Crippen LogP contribution in [0, 0.1) is 5.82 Å². The number of halogens is 1. The monoisotopic (exact) mass is 262 g/mol. The van der Waals surface area contributed by atoms with Crippen LogP contribution in [0.15, 0.2) is 29.1 Å². The normalized spacial score (nSPS) is 17.8. The topological polar surface area (TPSA) is 76.7 Å². The summed E-state index contributed by atoms with van der Waals surface area (Å²) in [7, 11) is 0. The van der Waals surface area contributed by atoms with Gasteiger partial charge in [0.2, 0.25) is 0 Å². The second kappa shape index (κ2) is 4.31. The number of benzene rings is 1. The van der Waals surface area contributed by atoms with Crippen molar-refractivity contribution in [3.05, 3.63) is 46.4 Å². The van der Waals surface area contributed by atoms with Crippen molar-refractivity contribution in [1.29, 1.82) is 0 Å². The van der Waals surface area contributed by atoms with Gasteiger partial charge in [0.05, 0.1) is 11.2 Å². The maximum atomic E-state index is 13.3. The minimum Gasteiger partial charge on any atom is -0.319 e. The molecule has 1 aromatic heterocycles. The molecule has 0 radical (unpaired) electrons. The molecule has 0 aliphatic heterocycles. The zero-order valence-corrected chi connectivity index (χ0v) is 10.4. The number of aromatic amines is 1. The Labute approximate surface area is 109 Å². The van der Waals surface area contributed by atoms with E-state index < -0.39 is 17.0 Å². The largest absolute Gasteiger partial charge is 0.347 e. The highest BCUT2D eigenvalue weighted by molar-refractivity contribution is 5.34. The van der Waals surface area contributed by atoms with E-state index in [0.29, 0.717) is 11.5 Å². The highest BCUT2D eigenvalue weighted by Crippen LogP contribution is 2.35. The number of nitrogens with one attached hydrogen (secondary N) is 1. The summed E-state index contributed by atoms with van der Waals surface area (Å²) >= 11 is 0. The minimum absolute atomic E-state index is 0.391. The van der Waals surface area contributed by atoms with E-state index >= 15 is 0 Å². The standard InChI is InChI=1S/C13H15FN4O/c14-9-4-3-5-10(8-9)18-11(16-17-12(18)19)13(15)6-1-2-7-13/h3-5,8H,1-2,6-7,15H2,(H,17,19). The quantitative estimate of drug-likeness (QED) is 0.859. The van der Waals surface area contributed by atoms with Crippen LogP contribution in [0.25, 0.3) is 5.69 Å². The SMILES string of the molecule is NC1(c2n[nH]c(=O)n2-c2cccc(F)c2)CCCC1. The first kappa shape index (κ1) is 12.1. The van der Waals surface area contributed by atoms with Gasteiger partial charge < -0.3 is 5.73 Å². The fourth-order valence-corrected chi connectivity index (χ4v) is 2.72. The number of rotatable bonds is 2. The van der Waals surface area contributed by atoms with Gasteiger partial charge in [0, 0.05) is 0 Å². The molecular weight excluding hydrogens is 247 g/mol. The molecule has 1 heterocycles. The summed E-state index contributed by atoms with van der Waals surface area (Å²) in [6.45, 7) is 0. The van der Waals surface area contributed by atoms with Gasteiger partial charge in [0.15, 0.2) is 5.82 Å². The predicted octanol–water partition coefficient (Wildman–Crippen LogP) is 1.43. The van der Waals surface area contributed by atoms with Crippen LogP contribution in [-0.2, 0) is 5.54 Å². The van der Waals surface area contributed by atoms with Gasteiger partial charge in [-0.2, -0.15) is 5.10 Å². The first-order valence-corrected chi connectivity index (χ1v) is 6.33. The average molecular weight is 262 g/mol. The Hall–Kier alpha value is -1.95. The van der Waals surface area contributed by atoms with Crippen molar-refractivity contribution in [2.75, 3.05) is 0 Å². The van der Waals surface area contributed by atoms with Crippen molar-refractivity contribution < 1.29 is 4.39 Å². The van der Waals surface area contributed by atoms with Gasteiger partial charge in [-0.15, -0.1) is 0 Å². The van der Waals surface area contributed by atoms with E-state index in [4.69, 9.17) is 5.73 Å². The molecule has 6 heteroatoms. The summed E-state index contributed by atoms with van der Waals surface area (Å²) in [4.78, 5) is 11.9. The minimum atomic E-state index is -0.606. The Morgan fingerprint density at radius 2 is 2.11 bits per heavy atom. The summed E-state index contributed by atoms with van der Waals surface area (Å²) < 4.78 is 14.7. The zero-order valence-electron chi connectivity index (χ0n) is 10.4. The van der Waals surface area contributed by atoms with Gasteiger partial charge in [-0.1, -0.05) is 18.9 Å². The van der Waals surface area contributed by atoms with Crippen molar-refractivity contribution in [2.45, 2.75) is 31.2 Å². The Kier molecular flexibility index (Phi) is 2.74. The van der Waals surface area contributed by atoms with E-state index in [9.17, 15) is 9.18 Å². The molecule has 1 aliphatic carbocycles. The van der Waals surface area contributed by atoms with E-state index in [-0.39, 0.29) is 0 Å². The van der Waals surface area contributed by atoms with Gasteiger partial charge in [-0.3, -0.25) is 0 Å². The smallest absolute Gasteiger partial charge is 0.319 e. The Bertz CT molecular complexity index is 655. The van der Waals surface area contributed by atoms with Gasteiger partial charge in [0.1, 0.15) is 5.82 Å². The lowest BCUT2D eigenvalue weighted by Gasteiger charge is -2.22. The van der Waals surface area contributed by atoms with E-state index in [0.717, 1.165) is 25.7 Å². The van der Waals surface area contributed by atoms with Crippen LogP contribution in [0.4, 0.5) is 4.39 Å². The van der Waals surface area contributed by atoms with E-state index in [2.05, 4.69) is 10.2 Å². The number of hydrogen-bond donors (Lipinski definition) is 2. The van der Waals surface area contributed by atoms with Gasteiger partial charge in [0.25, 0.3) is 0 Å². The third kappa shape index (κ3) is 1.98. The van der Waals surface area contributed by atoms with Crippen molar-refractivity contribution in [1.82, 2.24) is 14.8 Å². The fourth-order valence-electron chi connectivity index (χ4n) is 2.72. The van der Waals surface area contributed by atoms with Crippen molar-refractivity contribution in [2.24, 2.45) is 5.73 Å². The maximum Gasteiger partial charge on any atom is 0.347 e. The molecule has 1 aromatic carbocycles. The van der Waals surface area contributed by atoms with Gasteiger partial charge in [-0.25, -0.2) is 18.9 Å². The summed E-state index contributed by atoms with van der Waals surface area (Å²) in [5.74, 6) is 0.0923. The summed E-state index contributed by atoms with van der Waals surface area (Å²) in [6.07, 6.45) is 3.60. The molecule has 2 aromatic rings. The molecule has 19 heavy (non-hydrogen) atoms. The molecule has 100 valence electrons. The summed E-state index contributed by atoms with van der Waals surface area (Å²) in [5, 5.41) is 6.47. The molecule has 0 saturated heterocycles. The summed E-state index contributed by atoms with van der Waals surface area (Å²) in [5.41, 5.74) is 5.79. The van der Waals surface area contributed by atoms with Crippen LogP contribution in [0.2, 0.25) is 0 Å². The van der Waals surface area contributed by atoms with Gasteiger partial charge in [-0.05, 0) is 31.0 Å². The number of aromatic nitrogens is 3. The third-order valence-corrected chi connectivity index (χ3v) is 3.68.